The van der Waals surface area contributed by atoms with Gasteiger partial charge in [0.2, 0.25) is 15.9 Å². The fourth-order valence-corrected chi connectivity index (χ4v) is 5.43. The lowest BCUT2D eigenvalue weighted by Crippen LogP contribution is -2.50. The summed E-state index contributed by atoms with van der Waals surface area (Å²) in [6, 6.07) is 12.9. The Morgan fingerprint density at radius 3 is 2.50 bits per heavy atom. The Morgan fingerprint density at radius 1 is 1.04 bits per heavy atom. The third-order valence-electron chi connectivity index (χ3n) is 5.65. The summed E-state index contributed by atoms with van der Waals surface area (Å²) in [6.07, 6.45) is 3.55. The summed E-state index contributed by atoms with van der Waals surface area (Å²) < 4.78 is 33.1. The summed E-state index contributed by atoms with van der Waals surface area (Å²) in [5.74, 6) is 0.0956. The van der Waals surface area contributed by atoms with Crippen LogP contribution in [0.5, 0.6) is 0 Å². The first-order valence-electron chi connectivity index (χ1n) is 9.92. The van der Waals surface area contributed by atoms with Crippen molar-refractivity contribution < 1.29 is 17.9 Å². The van der Waals surface area contributed by atoms with Gasteiger partial charge in [0.25, 0.3) is 0 Å². The number of carbonyl (C=O) groups is 1. The zero-order valence-corrected chi connectivity index (χ0v) is 16.7. The van der Waals surface area contributed by atoms with E-state index in [9.17, 15) is 13.2 Å². The highest BCUT2D eigenvalue weighted by Gasteiger charge is 2.30. The molecule has 4 rings (SSSR count). The molecule has 0 bridgehead atoms. The number of nitrogens with zero attached hydrogens (tertiary/aromatic N) is 2. The van der Waals surface area contributed by atoms with Gasteiger partial charge >= 0.3 is 0 Å². The molecule has 0 spiro atoms. The molecule has 2 aromatic carbocycles. The van der Waals surface area contributed by atoms with E-state index in [1.807, 2.05) is 30.3 Å². The van der Waals surface area contributed by atoms with Crippen LogP contribution in [0.4, 0.5) is 0 Å². The van der Waals surface area contributed by atoms with Crippen LogP contribution in [0.1, 0.15) is 25.7 Å². The third kappa shape index (κ3) is 4.06. The average Bonchev–Trinajstić information content (AvgIpc) is 3.25. The molecule has 1 amide bonds. The Morgan fingerprint density at radius 2 is 1.79 bits per heavy atom. The van der Waals surface area contributed by atoms with Crippen molar-refractivity contribution in [2.24, 2.45) is 0 Å². The third-order valence-corrected chi connectivity index (χ3v) is 7.55. The van der Waals surface area contributed by atoms with Gasteiger partial charge in [0.05, 0.1) is 11.0 Å². The second kappa shape index (κ2) is 8.19. The lowest BCUT2D eigenvalue weighted by Gasteiger charge is -2.34. The molecule has 6 nitrogen and oxygen atoms in total. The molecule has 2 saturated heterocycles. The van der Waals surface area contributed by atoms with Gasteiger partial charge in [0.15, 0.2) is 0 Å². The van der Waals surface area contributed by atoms with E-state index < -0.39 is 10.0 Å². The molecular formula is C21H26N2O4S. The van der Waals surface area contributed by atoms with Gasteiger partial charge in [-0.1, -0.05) is 30.3 Å². The number of fused-ring (bicyclic) bond motifs is 1. The molecule has 0 radical (unpaired) electrons. The predicted octanol–water partition coefficient (Wildman–Crippen LogP) is 2.63. The summed E-state index contributed by atoms with van der Waals surface area (Å²) >= 11 is 0. The zero-order chi connectivity index (χ0) is 19.6. The molecule has 0 saturated carbocycles. The van der Waals surface area contributed by atoms with Crippen LogP contribution in [0.25, 0.3) is 10.8 Å². The summed E-state index contributed by atoms with van der Waals surface area (Å²) in [5.41, 5.74) is 0. The molecule has 2 heterocycles. The topological polar surface area (TPSA) is 66.9 Å². The Kier molecular flexibility index (Phi) is 5.66. The van der Waals surface area contributed by atoms with Gasteiger partial charge < -0.3 is 9.64 Å². The number of carbonyl (C=O) groups excluding carboxylic acids is 1. The van der Waals surface area contributed by atoms with Gasteiger partial charge in [-0.2, -0.15) is 4.31 Å². The smallest absolute Gasteiger partial charge is 0.243 e. The van der Waals surface area contributed by atoms with Gasteiger partial charge in [0, 0.05) is 39.2 Å². The molecule has 1 unspecified atom stereocenters. The Labute approximate surface area is 166 Å². The van der Waals surface area contributed by atoms with Gasteiger partial charge in [0.1, 0.15) is 0 Å². The molecule has 1 atom stereocenters. The largest absolute Gasteiger partial charge is 0.378 e. The van der Waals surface area contributed by atoms with Crippen molar-refractivity contribution in [3.63, 3.8) is 0 Å². The summed E-state index contributed by atoms with van der Waals surface area (Å²) in [5, 5.41) is 1.93. The Bertz CT molecular complexity index is 946. The monoisotopic (exact) mass is 402 g/mol. The van der Waals surface area contributed by atoms with Gasteiger partial charge in [-0.3, -0.25) is 4.79 Å². The molecule has 2 aromatic rings. The van der Waals surface area contributed by atoms with Gasteiger partial charge in [-0.05, 0) is 42.2 Å². The summed E-state index contributed by atoms with van der Waals surface area (Å²) in [7, 11) is -3.55. The van der Waals surface area contributed by atoms with Crippen LogP contribution >= 0.6 is 0 Å². The van der Waals surface area contributed by atoms with Crippen LogP contribution in [0.2, 0.25) is 0 Å². The van der Waals surface area contributed by atoms with Crippen molar-refractivity contribution in [1.29, 1.82) is 0 Å². The lowest BCUT2D eigenvalue weighted by atomic mass is 10.1. The van der Waals surface area contributed by atoms with Crippen LogP contribution in [-0.2, 0) is 19.6 Å². The second-order valence-electron chi connectivity index (χ2n) is 7.47. The number of amides is 1. The molecule has 150 valence electrons. The zero-order valence-electron chi connectivity index (χ0n) is 15.9. The van der Waals surface area contributed by atoms with E-state index in [1.54, 1.807) is 17.0 Å². The maximum Gasteiger partial charge on any atom is 0.243 e. The van der Waals surface area contributed by atoms with E-state index in [0.29, 0.717) is 37.5 Å². The van der Waals surface area contributed by atoms with E-state index in [0.717, 1.165) is 36.6 Å². The second-order valence-corrected chi connectivity index (χ2v) is 9.41. The number of benzene rings is 2. The summed E-state index contributed by atoms with van der Waals surface area (Å²) in [6.45, 7) is 2.35. The molecule has 2 aliphatic rings. The van der Waals surface area contributed by atoms with E-state index in [1.165, 1.54) is 4.31 Å². The molecule has 0 N–H and O–H groups in total. The van der Waals surface area contributed by atoms with E-state index >= 15 is 0 Å². The minimum atomic E-state index is -3.55. The Hall–Kier alpha value is -1.96. The molecule has 0 aromatic heterocycles. The van der Waals surface area contributed by atoms with Crippen LogP contribution < -0.4 is 0 Å². The number of ether oxygens (including phenoxy) is 1. The van der Waals surface area contributed by atoms with Crippen LogP contribution in [-0.4, -0.2) is 62.4 Å². The lowest BCUT2D eigenvalue weighted by molar-refractivity contribution is -0.133. The standard InChI is InChI=1S/C21H26N2O4S/c24-21(10-8-19-6-3-15-27-19)22-11-13-23(14-12-22)28(25,26)20-9-7-17-4-1-2-5-18(17)16-20/h1-2,4-5,7,9,16,19H,3,6,8,10-15H2. The summed E-state index contributed by atoms with van der Waals surface area (Å²) in [4.78, 5) is 14.5. The van der Waals surface area contributed by atoms with Crippen molar-refractivity contribution >= 4 is 26.7 Å². The number of hydrogen-bond acceptors (Lipinski definition) is 4. The number of rotatable bonds is 5. The van der Waals surface area contributed by atoms with E-state index in [2.05, 4.69) is 0 Å². The van der Waals surface area contributed by atoms with E-state index in [-0.39, 0.29) is 12.0 Å². The highest BCUT2D eigenvalue weighted by molar-refractivity contribution is 7.89. The van der Waals surface area contributed by atoms with Crippen molar-refractivity contribution in [1.82, 2.24) is 9.21 Å². The molecule has 7 heteroatoms. The molecule has 28 heavy (non-hydrogen) atoms. The first-order valence-corrected chi connectivity index (χ1v) is 11.4. The van der Waals surface area contributed by atoms with Gasteiger partial charge in [-0.25, -0.2) is 8.42 Å². The maximum absolute atomic E-state index is 13.0. The quantitative estimate of drug-likeness (QED) is 0.771. The van der Waals surface area contributed by atoms with Crippen molar-refractivity contribution in [3.05, 3.63) is 42.5 Å². The molecule has 0 aliphatic carbocycles. The Balaban J connectivity index is 1.37. The van der Waals surface area contributed by atoms with E-state index in [4.69, 9.17) is 4.74 Å². The SMILES string of the molecule is O=C(CCC1CCCO1)N1CCN(S(=O)(=O)c2ccc3ccccc3c2)CC1. The first kappa shape index (κ1) is 19.4. The minimum absolute atomic E-state index is 0.0956. The van der Waals surface area contributed by atoms with Crippen LogP contribution in [0.3, 0.4) is 0 Å². The number of piperazine rings is 1. The van der Waals surface area contributed by atoms with Crippen molar-refractivity contribution in [2.45, 2.75) is 36.7 Å². The van der Waals surface area contributed by atoms with Gasteiger partial charge in [-0.15, -0.1) is 0 Å². The fraction of sp³-hybridized carbons (Fsp3) is 0.476. The highest BCUT2D eigenvalue weighted by atomic mass is 32.2. The van der Waals surface area contributed by atoms with Crippen molar-refractivity contribution in [3.8, 4) is 0 Å². The molecule has 2 aliphatic heterocycles. The normalized spacial score (nSPS) is 21.3. The molecular weight excluding hydrogens is 376 g/mol. The van der Waals surface area contributed by atoms with Crippen molar-refractivity contribution in [2.75, 3.05) is 32.8 Å². The van der Waals surface area contributed by atoms with Crippen LogP contribution in [0, 0.1) is 0 Å². The minimum Gasteiger partial charge on any atom is -0.378 e. The average molecular weight is 403 g/mol. The predicted molar refractivity (Wildman–Crippen MR) is 107 cm³/mol. The molecule has 2 fully saturated rings. The number of sulfonamides is 1. The highest BCUT2D eigenvalue weighted by Crippen LogP contribution is 2.23. The number of hydrogen-bond donors (Lipinski definition) is 0. The maximum atomic E-state index is 13.0. The first-order chi connectivity index (χ1) is 13.5. The van der Waals surface area contributed by atoms with Crippen LogP contribution in [0.15, 0.2) is 47.4 Å². The fourth-order valence-electron chi connectivity index (χ4n) is 3.97.